The van der Waals surface area contributed by atoms with E-state index in [0.29, 0.717) is 33.9 Å². The van der Waals surface area contributed by atoms with E-state index in [4.69, 9.17) is 20.8 Å². The fraction of sp³-hybridized carbons (Fsp3) is 0.150. The van der Waals surface area contributed by atoms with E-state index in [1.54, 1.807) is 49.5 Å². The van der Waals surface area contributed by atoms with Crippen LogP contribution in [0, 0.1) is 0 Å². The van der Waals surface area contributed by atoms with Gasteiger partial charge in [0.05, 0.1) is 24.1 Å². The average Bonchev–Trinajstić information content (AvgIpc) is 3.17. The quantitative estimate of drug-likeness (QED) is 0.435. The lowest BCUT2D eigenvalue weighted by atomic mass is 10.2. The summed E-state index contributed by atoms with van der Waals surface area (Å²) in [5.41, 5.74) is 1.88. The normalized spacial score (nSPS) is 10.5. The first-order valence-corrected chi connectivity index (χ1v) is 9.83. The maximum absolute atomic E-state index is 12.1. The average molecular weight is 417 g/mol. The molecule has 0 bridgehead atoms. The molecule has 0 saturated carbocycles. The zero-order valence-corrected chi connectivity index (χ0v) is 16.5. The van der Waals surface area contributed by atoms with Crippen LogP contribution in [-0.2, 0) is 9.53 Å². The molecule has 28 heavy (non-hydrogen) atoms. The minimum absolute atomic E-state index is 0.139. The molecule has 6 nitrogen and oxygen atoms in total. The molecule has 0 aliphatic rings. The Hall–Kier alpha value is -2.77. The Morgan fingerprint density at radius 1 is 1.14 bits per heavy atom. The van der Waals surface area contributed by atoms with Gasteiger partial charge in [0.15, 0.2) is 5.76 Å². The zero-order valence-electron chi connectivity index (χ0n) is 15.0. The molecule has 0 spiro atoms. The number of nitrogens with one attached hydrogen (secondary N) is 1. The van der Waals surface area contributed by atoms with Gasteiger partial charge in [-0.1, -0.05) is 23.4 Å². The van der Waals surface area contributed by atoms with Gasteiger partial charge < -0.3 is 14.5 Å². The highest BCUT2D eigenvalue weighted by Crippen LogP contribution is 2.26. The van der Waals surface area contributed by atoms with Crippen LogP contribution in [0.4, 0.5) is 5.69 Å². The molecular weight excluding hydrogens is 400 g/mol. The van der Waals surface area contributed by atoms with Crippen LogP contribution >= 0.6 is 23.4 Å². The molecule has 2 aromatic carbocycles. The van der Waals surface area contributed by atoms with Gasteiger partial charge in [-0.3, -0.25) is 4.79 Å². The maximum Gasteiger partial charge on any atom is 0.338 e. The minimum Gasteiger partial charge on any atom is -0.462 e. The van der Waals surface area contributed by atoms with Gasteiger partial charge >= 0.3 is 5.97 Å². The number of hydrogen-bond acceptors (Lipinski definition) is 6. The Morgan fingerprint density at radius 3 is 2.54 bits per heavy atom. The van der Waals surface area contributed by atoms with Crippen molar-refractivity contribution in [2.75, 3.05) is 17.7 Å². The number of esters is 1. The molecule has 8 heteroatoms. The van der Waals surface area contributed by atoms with E-state index in [1.807, 2.05) is 12.1 Å². The van der Waals surface area contributed by atoms with Crippen molar-refractivity contribution >= 4 is 40.9 Å². The standard InChI is InChI=1S/C20H17ClN2O4S/c1-2-26-19(25)14-5-9-16(10-6-14)23-18(24)12-28-20-22-11-17(27-20)13-3-7-15(21)8-4-13/h3-11H,2,12H2,1H3,(H,23,24). The van der Waals surface area contributed by atoms with Crippen molar-refractivity contribution in [2.24, 2.45) is 0 Å². The fourth-order valence-electron chi connectivity index (χ4n) is 2.30. The highest BCUT2D eigenvalue weighted by molar-refractivity contribution is 7.99. The van der Waals surface area contributed by atoms with Crippen molar-refractivity contribution in [2.45, 2.75) is 12.1 Å². The summed E-state index contributed by atoms with van der Waals surface area (Å²) < 4.78 is 10.6. The second-order valence-corrected chi connectivity index (χ2v) is 7.00. The van der Waals surface area contributed by atoms with Crippen LogP contribution in [0.15, 0.2) is 64.4 Å². The molecule has 1 heterocycles. The predicted octanol–water partition coefficient (Wildman–Crippen LogP) is 4.90. The first-order chi connectivity index (χ1) is 13.5. The largest absolute Gasteiger partial charge is 0.462 e. The van der Waals surface area contributed by atoms with E-state index in [0.717, 1.165) is 5.56 Å². The summed E-state index contributed by atoms with van der Waals surface area (Å²) in [5.74, 6) is 0.144. The Bertz CT molecular complexity index is 955. The lowest BCUT2D eigenvalue weighted by molar-refractivity contribution is -0.113. The second kappa shape index (κ2) is 9.43. The molecule has 0 fully saturated rings. The number of anilines is 1. The lowest BCUT2D eigenvalue weighted by Gasteiger charge is -2.06. The third-order valence-corrected chi connectivity index (χ3v) is 4.71. The second-order valence-electron chi connectivity index (χ2n) is 5.63. The van der Waals surface area contributed by atoms with E-state index < -0.39 is 5.97 Å². The highest BCUT2D eigenvalue weighted by Gasteiger charge is 2.11. The number of oxazole rings is 1. The Morgan fingerprint density at radius 2 is 1.86 bits per heavy atom. The fourth-order valence-corrected chi connectivity index (χ4v) is 3.03. The van der Waals surface area contributed by atoms with Crippen molar-refractivity contribution in [3.63, 3.8) is 0 Å². The first kappa shape index (κ1) is 20.0. The summed E-state index contributed by atoms with van der Waals surface area (Å²) in [7, 11) is 0. The van der Waals surface area contributed by atoms with Gasteiger partial charge in [-0.25, -0.2) is 9.78 Å². The number of ether oxygens (including phenoxy) is 1. The topological polar surface area (TPSA) is 81.4 Å². The van der Waals surface area contributed by atoms with Crippen molar-refractivity contribution in [1.29, 1.82) is 0 Å². The van der Waals surface area contributed by atoms with Crippen molar-refractivity contribution in [1.82, 2.24) is 4.98 Å². The molecule has 0 aliphatic carbocycles. The molecule has 0 aliphatic heterocycles. The van der Waals surface area contributed by atoms with Gasteiger partial charge in [0.2, 0.25) is 5.91 Å². The molecule has 0 radical (unpaired) electrons. The summed E-state index contributed by atoms with van der Waals surface area (Å²) >= 11 is 7.07. The summed E-state index contributed by atoms with van der Waals surface area (Å²) in [4.78, 5) is 27.9. The van der Waals surface area contributed by atoms with Gasteiger partial charge in [-0.05, 0) is 55.5 Å². The van der Waals surface area contributed by atoms with Gasteiger partial charge in [-0.15, -0.1) is 0 Å². The number of amides is 1. The zero-order chi connectivity index (χ0) is 19.9. The monoisotopic (exact) mass is 416 g/mol. The number of benzene rings is 2. The molecule has 3 rings (SSSR count). The molecule has 0 saturated heterocycles. The van der Waals surface area contributed by atoms with Crippen molar-refractivity contribution in [3.05, 3.63) is 65.3 Å². The highest BCUT2D eigenvalue weighted by atomic mass is 35.5. The van der Waals surface area contributed by atoms with Crippen LogP contribution in [0.2, 0.25) is 5.02 Å². The van der Waals surface area contributed by atoms with E-state index >= 15 is 0 Å². The van der Waals surface area contributed by atoms with Crippen LogP contribution < -0.4 is 5.32 Å². The van der Waals surface area contributed by atoms with Gasteiger partial charge in [0, 0.05) is 16.3 Å². The lowest BCUT2D eigenvalue weighted by Crippen LogP contribution is -2.14. The van der Waals surface area contributed by atoms with Crippen molar-refractivity contribution in [3.8, 4) is 11.3 Å². The summed E-state index contributed by atoms with van der Waals surface area (Å²) in [5, 5.41) is 3.80. The Labute approximate surface area is 171 Å². The molecule has 1 aromatic heterocycles. The Balaban J connectivity index is 1.52. The number of carbonyl (C=O) groups excluding carboxylic acids is 2. The van der Waals surface area contributed by atoms with Gasteiger partial charge in [0.25, 0.3) is 5.22 Å². The van der Waals surface area contributed by atoms with Gasteiger partial charge in [0.1, 0.15) is 0 Å². The number of nitrogens with zero attached hydrogens (tertiary/aromatic N) is 1. The number of halogens is 1. The SMILES string of the molecule is CCOC(=O)c1ccc(NC(=O)CSc2ncc(-c3ccc(Cl)cc3)o2)cc1. The number of rotatable bonds is 7. The first-order valence-electron chi connectivity index (χ1n) is 8.46. The third-order valence-electron chi connectivity index (χ3n) is 3.62. The number of thioether (sulfide) groups is 1. The minimum atomic E-state index is -0.392. The molecule has 1 amide bonds. The number of aromatic nitrogens is 1. The van der Waals surface area contributed by atoms with E-state index in [9.17, 15) is 9.59 Å². The molecule has 0 atom stereocenters. The predicted molar refractivity (Wildman–Crippen MR) is 109 cm³/mol. The smallest absolute Gasteiger partial charge is 0.338 e. The number of hydrogen-bond donors (Lipinski definition) is 1. The molecule has 144 valence electrons. The summed E-state index contributed by atoms with van der Waals surface area (Å²) in [6.07, 6.45) is 1.61. The van der Waals surface area contributed by atoms with Crippen LogP contribution in [0.1, 0.15) is 17.3 Å². The maximum atomic E-state index is 12.1. The third kappa shape index (κ3) is 5.37. The summed E-state index contributed by atoms with van der Waals surface area (Å²) in [6.45, 7) is 2.06. The van der Waals surface area contributed by atoms with E-state index in [1.165, 1.54) is 11.8 Å². The van der Waals surface area contributed by atoms with Crippen LogP contribution in [-0.4, -0.2) is 29.2 Å². The van der Waals surface area contributed by atoms with E-state index in [2.05, 4.69) is 10.3 Å². The van der Waals surface area contributed by atoms with Crippen molar-refractivity contribution < 1.29 is 18.7 Å². The van der Waals surface area contributed by atoms with E-state index in [-0.39, 0.29) is 11.7 Å². The molecule has 1 N–H and O–H groups in total. The van der Waals surface area contributed by atoms with Crippen LogP contribution in [0.25, 0.3) is 11.3 Å². The summed E-state index contributed by atoms with van der Waals surface area (Å²) in [6, 6.07) is 13.7. The van der Waals surface area contributed by atoms with Crippen LogP contribution in [0.5, 0.6) is 0 Å². The van der Waals surface area contributed by atoms with Gasteiger partial charge in [-0.2, -0.15) is 0 Å². The molecule has 0 unspecified atom stereocenters. The molecule has 3 aromatic rings. The molecular formula is C20H17ClN2O4S. The number of carbonyl (C=O) groups is 2. The Kier molecular flexibility index (Phi) is 6.73. The van der Waals surface area contributed by atoms with Crippen LogP contribution in [0.3, 0.4) is 0 Å².